The lowest BCUT2D eigenvalue weighted by atomic mass is 10.1. The van der Waals surface area contributed by atoms with Gasteiger partial charge in [0.25, 0.3) is 0 Å². The molecule has 3 aromatic rings. The van der Waals surface area contributed by atoms with Gasteiger partial charge in [-0.3, -0.25) is 5.43 Å². The standard InChI is InChI=1S/C17H14ClFN2S/c1-10-15-9-12(18)3-8-16(15)22-17(10)11(2)20-21-14-6-4-13(19)5-7-14/h3-9,21H,1-2H3/b20-11-. The molecule has 0 saturated carbocycles. The van der Waals surface area contributed by atoms with Crippen LogP contribution in [0.4, 0.5) is 10.1 Å². The van der Waals surface area contributed by atoms with Gasteiger partial charge in [-0.05, 0) is 67.3 Å². The largest absolute Gasteiger partial charge is 0.278 e. The zero-order chi connectivity index (χ0) is 15.7. The van der Waals surface area contributed by atoms with Crippen molar-refractivity contribution in [2.45, 2.75) is 13.8 Å². The summed E-state index contributed by atoms with van der Waals surface area (Å²) in [5, 5.41) is 6.29. The van der Waals surface area contributed by atoms with Crippen LogP contribution in [0.5, 0.6) is 0 Å². The number of anilines is 1. The van der Waals surface area contributed by atoms with E-state index in [1.165, 1.54) is 22.4 Å². The van der Waals surface area contributed by atoms with Gasteiger partial charge in [0.05, 0.1) is 16.3 Å². The molecule has 0 spiro atoms. The van der Waals surface area contributed by atoms with Gasteiger partial charge in [-0.15, -0.1) is 11.3 Å². The van der Waals surface area contributed by atoms with Crippen molar-refractivity contribution in [3.8, 4) is 0 Å². The van der Waals surface area contributed by atoms with E-state index < -0.39 is 0 Å². The highest BCUT2D eigenvalue weighted by Gasteiger charge is 2.11. The first kappa shape index (κ1) is 15.0. The van der Waals surface area contributed by atoms with Crippen molar-refractivity contribution in [1.29, 1.82) is 0 Å². The Morgan fingerprint density at radius 2 is 1.91 bits per heavy atom. The summed E-state index contributed by atoms with van der Waals surface area (Å²) in [6.45, 7) is 4.03. The van der Waals surface area contributed by atoms with E-state index in [2.05, 4.69) is 17.5 Å². The third kappa shape index (κ3) is 2.98. The third-order valence-corrected chi connectivity index (χ3v) is 5.04. The van der Waals surface area contributed by atoms with Crippen molar-refractivity contribution in [2.75, 3.05) is 5.43 Å². The van der Waals surface area contributed by atoms with Crippen molar-refractivity contribution < 1.29 is 4.39 Å². The van der Waals surface area contributed by atoms with Crippen LogP contribution in [-0.4, -0.2) is 5.71 Å². The van der Waals surface area contributed by atoms with E-state index in [0.29, 0.717) is 0 Å². The summed E-state index contributed by atoms with van der Waals surface area (Å²) in [5.74, 6) is -0.261. The lowest BCUT2D eigenvalue weighted by molar-refractivity contribution is 0.628. The van der Waals surface area contributed by atoms with Crippen LogP contribution in [0.2, 0.25) is 5.02 Å². The minimum absolute atomic E-state index is 0.261. The summed E-state index contributed by atoms with van der Waals surface area (Å²) in [6.07, 6.45) is 0. The van der Waals surface area contributed by atoms with E-state index in [-0.39, 0.29) is 5.82 Å². The second-order valence-corrected chi connectivity index (χ2v) is 6.50. The Morgan fingerprint density at radius 1 is 1.18 bits per heavy atom. The average Bonchev–Trinajstić information content (AvgIpc) is 2.83. The van der Waals surface area contributed by atoms with Gasteiger partial charge in [0.15, 0.2) is 0 Å². The molecule has 0 aliphatic rings. The Hall–Kier alpha value is -1.91. The summed E-state index contributed by atoms with van der Waals surface area (Å²) < 4.78 is 14.1. The van der Waals surface area contributed by atoms with Gasteiger partial charge in [-0.25, -0.2) is 4.39 Å². The Balaban J connectivity index is 1.91. The fraction of sp³-hybridized carbons (Fsp3) is 0.118. The highest BCUT2D eigenvalue weighted by molar-refractivity contribution is 7.21. The van der Waals surface area contributed by atoms with Gasteiger partial charge in [-0.1, -0.05) is 11.6 Å². The van der Waals surface area contributed by atoms with Crippen LogP contribution in [0.1, 0.15) is 17.4 Å². The molecule has 3 rings (SSSR count). The molecule has 0 amide bonds. The van der Waals surface area contributed by atoms with Gasteiger partial charge in [0.2, 0.25) is 0 Å². The van der Waals surface area contributed by atoms with Gasteiger partial charge < -0.3 is 0 Å². The normalized spacial score (nSPS) is 11.9. The number of thiophene rings is 1. The number of rotatable bonds is 3. The van der Waals surface area contributed by atoms with E-state index in [1.807, 2.05) is 25.1 Å². The van der Waals surface area contributed by atoms with E-state index in [0.717, 1.165) is 26.7 Å². The fourth-order valence-corrected chi connectivity index (χ4v) is 3.57. The molecular weight excluding hydrogens is 319 g/mol. The molecule has 0 aliphatic carbocycles. The number of nitrogens with one attached hydrogen (secondary N) is 1. The summed E-state index contributed by atoms with van der Waals surface area (Å²) in [7, 11) is 0. The summed E-state index contributed by atoms with van der Waals surface area (Å²) in [6, 6.07) is 12.0. The summed E-state index contributed by atoms with van der Waals surface area (Å²) >= 11 is 7.75. The second kappa shape index (κ2) is 6.07. The highest BCUT2D eigenvalue weighted by atomic mass is 35.5. The molecule has 0 unspecified atom stereocenters. The van der Waals surface area contributed by atoms with Crippen LogP contribution >= 0.6 is 22.9 Å². The number of hydrazone groups is 1. The first-order valence-electron chi connectivity index (χ1n) is 6.79. The lowest BCUT2D eigenvalue weighted by Crippen LogP contribution is -1.99. The molecule has 1 N–H and O–H groups in total. The molecule has 0 aliphatic heterocycles. The molecule has 5 heteroatoms. The molecule has 0 atom stereocenters. The average molecular weight is 333 g/mol. The first-order chi connectivity index (χ1) is 10.5. The van der Waals surface area contributed by atoms with Crippen molar-refractivity contribution >= 4 is 44.4 Å². The van der Waals surface area contributed by atoms with E-state index >= 15 is 0 Å². The van der Waals surface area contributed by atoms with E-state index in [9.17, 15) is 4.39 Å². The Morgan fingerprint density at radius 3 is 2.64 bits per heavy atom. The van der Waals surface area contributed by atoms with Crippen LogP contribution in [0, 0.1) is 12.7 Å². The maximum Gasteiger partial charge on any atom is 0.123 e. The molecule has 0 radical (unpaired) electrons. The molecular formula is C17H14ClFN2S. The van der Waals surface area contributed by atoms with Crippen LogP contribution in [0.15, 0.2) is 47.6 Å². The van der Waals surface area contributed by atoms with Crippen molar-refractivity contribution in [2.24, 2.45) is 5.10 Å². The molecule has 112 valence electrons. The van der Waals surface area contributed by atoms with E-state index in [1.54, 1.807) is 23.5 Å². The van der Waals surface area contributed by atoms with Gasteiger partial charge in [0.1, 0.15) is 5.82 Å². The minimum atomic E-state index is -0.261. The van der Waals surface area contributed by atoms with Crippen LogP contribution < -0.4 is 5.43 Å². The SMILES string of the molecule is C/C(=N/Nc1ccc(F)cc1)c1sc2ccc(Cl)cc2c1C. The highest BCUT2D eigenvalue weighted by Crippen LogP contribution is 2.33. The van der Waals surface area contributed by atoms with Crippen LogP contribution in [0.25, 0.3) is 10.1 Å². The Labute approximate surface area is 137 Å². The van der Waals surface area contributed by atoms with Gasteiger partial charge in [-0.2, -0.15) is 5.10 Å². The summed E-state index contributed by atoms with van der Waals surface area (Å²) in [5.41, 5.74) is 5.77. The number of fused-ring (bicyclic) bond motifs is 1. The molecule has 22 heavy (non-hydrogen) atoms. The predicted molar refractivity (Wildman–Crippen MR) is 93.8 cm³/mol. The Bertz CT molecular complexity index is 853. The molecule has 1 heterocycles. The zero-order valence-electron chi connectivity index (χ0n) is 12.2. The predicted octanol–water partition coefficient (Wildman–Crippen LogP) is 5.84. The molecule has 0 saturated heterocycles. The first-order valence-corrected chi connectivity index (χ1v) is 7.99. The topological polar surface area (TPSA) is 24.4 Å². The van der Waals surface area contributed by atoms with Crippen molar-refractivity contribution in [3.05, 3.63) is 63.7 Å². The maximum atomic E-state index is 12.9. The van der Waals surface area contributed by atoms with Crippen molar-refractivity contribution in [3.63, 3.8) is 0 Å². The quantitative estimate of drug-likeness (QED) is 0.473. The van der Waals surface area contributed by atoms with Crippen molar-refractivity contribution in [1.82, 2.24) is 0 Å². The fourth-order valence-electron chi connectivity index (χ4n) is 2.26. The molecule has 0 fully saturated rings. The summed E-state index contributed by atoms with van der Waals surface area (Å²) in [4.78, 5) is 1.12. The number of hydrogen-bond acceptors (Lipinski definition) is 3. The Kier molecular flexibility index (Phi) is 4.14. The van der Waals surface area contributed by atoms with Crippen LogP contribution in [0.3, 0.4) is 0 Å². The molecule has 1 aromatic heterocycles. The molecule has 0 bridgehead atoms. The maximum absolute atomic E-state index is 12.9. The molecule has 2 aromatic carbocycles. The smallest absolute Gasteiger partial charge is 0.123 e. The lowest BCUT2D eigenvalue weighted by Gasteiger charge is -2.03. The third-order valence-electron chi connectivity index (χ3n) is 3.42. The molecule has 2 nitrogen and oxygen atoms in total. The number of halogens is 2. The van der Waals surface area contributed by atoms with Crippen LogP contribution in [-0.2, 0) is 0 Å². The number of aryl methyl sites for hydroxylation is 1. The minimum Gasteiger partial charge on any atom is -0.278 e. The second-order valence-electron chi connectivity index (χ2n) is 5.01. The monoisotopic (exact) mass is 332 g/mol. The number of hydrogen-bond donors (Lipinski definition) is 1. The number of nitrogens with zero attached hydrogens (tertiary/aromatic N) is 1. The van der Waals surface area contributed by atoms with E-state index in [4.69, 9.17) is 11.6 Å². The number of benzene rings is 2. The van der Waals surface area contributed by atoms with Gasteiger partial charge in [0, 0.05) is 9.72 Å². The zero-order valence-corrected chi connectivity index (χ0v) is 13.7. The van der Waals surface area contributed by atoms with Gasteiger partial charge >= 0.3 is 0 Å².